The van der Waals surface area contributed by atoms with Crippen molar-refractivity contribution in [3.63, 3.8) is 0 Å². The Morgan fingerprint density at radius 1 is 1.21 bits per heavy atom. The van der Waals surface area contributed by atoms with Gasteiger partial charge < -0.3 is 15.5 Å². The van der Waals surface area contributed by atoms with Gasteiger partial charge in [-0.1, -0.05) is 26.7 Å². The number of carbonyl (C=O) groups is 1. The highest BCUT2D eigenvalue weighted by Crippen LogP contribution is 2.27. The molecule has 1 amide bonds. The van der Waals surface area contributed by atoms with E-state index in [1.807, 2.05) is 16.6 Å². The molecule has 1 unspecified atom stereocenters. The summed E-state index contributed by atoms with van der Waals surface area (Å²) in [6, 6.07) is 0.266. The zero-order valence-corrected chi connectivity index (χ0v) is 20.7. The van der Waals surface area contributed by atoms with Crippen LogP contribution in [-0.2, 0) is 31.2 Å². The number of rotatable bonds is 6. The molecule has 2 fully saturated rings. The van der Waals surface area contributed by atoms with Crippen molar-refractivity contribution >= 4 is 35.8 Å². The van der Waals surface area contributed by atoms with Gasteiger partial charge in [-0.25, -0.2) is 0 Å². The number of nitrogens with one attached hydrogen (secondary N) is 2. The number of aliphatic imine (C=N–C) groups is 1. The van der Waals surface area contributed by atoms with Crippen LogP contribution in [0.5, 0.6) is 0 Å². The van der Waals surface area contributed by atoms with Gasteiger partial charge in [0.05, 0.1) is 5.69 Å². The molecule has 7 nitrogen and oxygen atoms in total. The number of aryl methyl sites for hydroxylation is 2. The van der Waals surface area contributed by atoms with E-state index in [4.69, 9.17) is 0 Å². The van der Waals surface area contributed by atoms with Crippen molar-refractivity contribution in [1.82, 2.24) is 25.3 Å². The molecule has 8 heteroatoms. The summed E-state index contributed by atoms with van der Waals surface area (Å²) in [4.78, 5) is 19.1. The fraction of sp³-hybridized carbons (Fsp3) is 0.762. The molecule has 1 aromatic rings. The minimum Gasteiger partial charge on any atom is -0.352 e. The number of guanidine groups is 1. The van der Waals surface area contributed by atoms with E-state index in [-0.39, 0.29) is 35.9 Å². The molecule has 164 valence electrons. The van der Waals surface area contributed by atoms with Crippen molar-refractivity contribution in [2.75, 3.05) is 20.1 Å². The quantitative estimate of drug-likeness (QED) is 0.347. The van der Waals surface area contributed by atoms with E-state index in [1.54, 1.807) is 7.05 Å². The van der Waals surface area contributed by atoms with Gasteiger partial charge in [0.15, 0.2) is 5.96 Å². The van der Waals surface area contributed by atoms with E-state index in [0.717, 1.165) is 63.4 Å². The minimum absolute atomic E-state index is 0. The predicted molar refractivity (Wildman–Crippen MR) is 128 cm³/mol. The first-order chi connectivity index (χ1) is 13.6. The molecule has 2 heterocycles. The molecule has 0 spiro atoms. The third-order valence-electron chi connectivity index (χ3n) is 6.23. The third kappa shape index (κ3) is 5.64. The van der Waals surface area contributed by atoms with Gasteiger partial charge in [0.1, 0.15) is 0 Å². The van der Waals surface area contributed by atoms with Crippen molar-refractivity contribution in [3.05, 3.63) is 17.0 Å². The average molecular weight is 516 g/mol. The second kappa shape index (κ2) is 11.2. The van der Waals surface area contributed by atoms with Gasteiger partial charge >= 0.3 is 0 Å². The van der Waals surface area contributed by atoms with E-state index in [9.17, 15) is 4.79 Å². The van der Waals surface area contributed by atoms with Crippen LogP contribution in [0.15, 0.2) is 4.99 Å². The summed E-state index contributed by atoms with van der Waals surface area (Å²) in [5.74, 6) is 1.43. The summed E-state index contributed by atoms with van der Waals surface area (Å²) < 4.78 is 2.00. The lowest BCUT2D eigenvalue weighted by Gasteiger charge is -2.21. The largest absolute Gasteiger partial charge is 0.352 e. The number of hydrogen-bond acceptors (Lipinski definition) is 3. The van der Waals surface area contributed by atoms with E-state index in [2.05, 4.69) is 34.6 Å². The van der Waals surface area contributed by atoms with Crippen LogP contribution >= 0.6 is 24.0 Å². The van der Waals surface area contributed by atoms with Crippen LogP contribution in [0.25, 0.3) is 0 Å². The molecule has 0 bridgehead atoms. The summed E-state index contributed by atoms with van der Waals surface area (Å²) in [7, 11) is 3.82. The monoisotopic (exact) mass is 516 g/mol. The Hall–Kier alpha value is -1.32. The molecule has 2 N–H and O–H groups in total. The van der Waals surface area contributed by atoms with Crippen molar-refractivity contribution in [2.45, 2.75) is 71.4 Å². The summed E-state index contributed by atoms with van der Waals surface area (Å²) in [6.45, 7) is 6.67. The highest BCUT2D eigenvalue weighted by Gasteiger charge is 2.32. The number of carbonyl (C=O) groups excluding carboxylic acids is 1. The number of nitrogens with zero attached hydrogens (tertiary/aromatic N) is 4. The Bertz CT molecular complexity index is 710. The molecule has 1 saturated carbocycles. The molecule has 1 aromatic heterocycles. The first-order valence-electron chi connectivity index (χ1n) is 10.9. The Kier molecular flexibility index (Phi) is 9.23. The Labute approximate surface area is 192 Å². The van der Waals surface area contributed by atoms with E-state index in [1.165, 1.54) is 24.1 Å². The van der Waals surface area contributed by atoms with Gasteiger partial charge in [0.25, 0.3) is 0 Å². The highest BCUT2D eigenvalue weighted by molar-refractivity contribution is 14.0. The summed E-state index contributed by atoms with van der Waals surface area (Å²) in [5, 5.41) is 11.6. The van der Waals surface area contributed by atoms with E-state index >= 15 is 0 Å². The number of hydrogen-bond donors (Lipinski definition) is 2. The SMILES string of the molecule is CCc1nn(C)c(CC)c1CNC(=NC)NC1CCN(C(=O)C2CCCC2)C1.I. The summed E-state index contributed by atoms with van der Waals surface area (Å²) in [5.41, 5.74) is 3.70. The smallest absolute Gasteiger partial charge is 0.225 e. The van der Waals surface area contributed by atoms with Gasteiger partial charge in [0.2, 0.25) is 5.91 Å². The van der Waals surface area contributed by atoms with Crippen LogP contribution in [0.3, 0.4) is 0 Å². The molecule has 29 heavy (non-hydrogen) atoms. The molecule has 3 rings (SSSR count). The van der Waals surface area contributed by atoms with Crippen LogP contribution < -0.4 is 10.6 Å². The standard InChI is InChI=1S/C21H36N6O.HI/c1-5-18-17(19(6-2)26(4)25-18)13-23-21(22-3)24-16-11-12-27(14-16)20(28)15-9-7-8-10-15;/h15-16H,5-14H2,1-4H3,(H2,22,23,24);1H. The number of aromatic nitrogens is 2. The van der Waals surface area contributed by atoms with Gasteiger partial charge in [0, 0.05) is 56.9 Å². The third-order valence-corrected chi connectivity index (χ3v) is 6.23. The van der Waals surface area contributed by atoms with Crippen LogP contribution in [0.4, 0.5) is 0 Å². The molecule has 0 radical (unpaired) electrons. The van der Waals surface area contributed by atoms with Crippen molar-refractivity contribution in [3.8, 4) is 0 Å². The van der Waals surface area contributed by atoms with Gasteiger partial charge in [-0.15, -0.1) is 24.0 Å². The van der Waals surface area contributed by atoms with Gasteiger partial charge in [-0.2, -0.15) is 5.10 Å². The molecular formula is C21H37IN6O. The van der Waals surface area contributed by atoms with Crippen molar-refractivity contribution in [1.29, 1.82) is 0 Å². The lowest BCUT2D eigenvalue weighted by molar-refractivity contribution is -0.134. The van der Waals surface area contributed by atoms with Gasteiger partial charge in [-0.3, -0.25) is 14.5 Å². The molecule has 1 saturated heterocycles. The maximum absolute atomic E-state index is 12.6. The molecule has 1 aliphatic heterocycles. The normalized spacial score (nSPS) is 20.1. The zero-order valence-electron chi connectivity index (χ0n) is 18.3. The first kappa shape index (κ1) is 24.0. The van der Waals surface area contributed by atoms with Crippen LogP contribution in [0.1, 0.15) is 62.9 Å². The molecular weight excluding hydrogens is 479 g/mol. The Balaban J connectivity index is 0.00000300. The van der Waals surface area contributed by atoms with Crippen LogP contribution in [0, 0.1) is 5.92 Å². The predicted octanol–water partition coefficient (Wildman–Crippen LogP) is 2.62. The lowest BCUT2D eigenvalue weighted by atomic mass is 10.1. The first-order valence-corrected chi connectivity index (χ1v) is 10.9. The fourth-order valence-electron chi connectivity index (χ4n) is 4.66. The van der Waals surface area contributed by atoms with Crippen LogP contribution in [0.2, 0.25) is 0 Å². The van der Waals surface area contributed by atoms with Crippen LogP contribution in [-0.4, -0.2) is 52.7 Å². The van der Waals surface area contributed by atoms with E-state index in [0.29, 0.717) is 5.91 Å². The van der Waals surface area contributed by atoms with E-state index < -0.39 is 0 Å². The second-order valence-electron chi connectivity index (χ2n) is 8.02. The topological polar surface area (TPSA) is 74.6 Å². The molecule has 1 atom stereocenters. The molecule has 0 aromatic carbocycles. The van der Waals surface area contributed by atoms with Crippen molar-refractivity contribution in [2.24, 2.45) is 18.0 Å². The molecule has 2 aliphatic rings. The zero-order chi connectivity index (χ0) is 20.1. The minimum atomic E-state index is 0. The Morgan fingerprint density at radius 3 is 2.55 bits per heavy atom. The maximum Gasteiger partial charge on any atom is 0.225 e. The maximum atomic E-state index is 12.6. The lowest BCUT2D eigenvalue weighted by Crippen LogP contribution is -2.45. The number of likely N-dealkylation sites (tertiary alicyclic amines) is 1. The summed E-state index contributed by atoms with van der Waals surface area (Å²) in [6.07, 6.45) is 7.42. The fourth-order valence-corrected chi connectivity index (χ4v) is 4.66. The number of halogens is 1. The summed E-state index contributed by atoms with van der Waals surface area (Å²) >= 11 is 0. The number of amides is 1. The Morgan fingerprint density at radius 2 is 1.93 bits per heavy atom. The van der Waals surface area contributed by atoms with Crippen molar-refractivity contribution < 1.29 is 4.79 Å². The highest BCUT2D eigenvalue weighted by atomic mass is 127. The average Bonchev–Trinajstić information content (AvgIpc) is 3.44. The van der Waals surface area contributed by atoms with Gasteiger partial charge in [-0.05, 0) is 32.1 Å². The second-order valence-corrected chi connectivity index (χ2v) is 8.02. The molecule has 1 aliphatic carbocycles.